The molecule has 0 fully saturated rings. The van der Waals surface area contributed by atoms with Crippen molar-refractivity contribution in [3.63, 3.8) is 0 Å². The third-order valence-electron chi connectivity index (χ3n) is 5.60. The maximum atomic E-state index is 15.1. The Hall–Kier alpha value is -3.48. The van der Waals surface area contributed by atoms with Crippen LogP contribution in [0.15, 0.2) is 66.9 Å². The van der Waals surface area contributed by atoms with E-state index in [1.54, 1.807) is 12.1 Å². The third kappa shape index (κ3) is 5.53. The second-order valence-corrected chi connectivity index (χ2v) is 8.09. The Kier molecular flexibility index (Phi) is 6.82. The molecule has 34 heavy (non-hydrogen) atoms. The molecule has 0 bridgehead atoms. The molecule has 0 atom stereocenters. The van der Waals surface area contributed by atoms with Gasteiger partial charge in [0.1, 0.15) is 5.82 Å². The molecule has 3 aromatic carbocycles. The molecule has 0 saturated carbocycles. The molecule has 0 unspecified atom stereocenters. The van der Waals surface area contributed by atoms with Crippen LogP contribution in [-0.4, -0.2) is 11.3 Å². The molecule has 0 spiro atoms. The summed E-state index contributed by atoms with van der Waals surface area (Å²) >= 11 is 0. The van der Waals surface area contributed by atoms with E-state index in [1.807, 2.05) is 36.5 Å². The average molecular weight is 471 g/mol. The Labute approximate surface area is 194 Å². The number of aryl methyl sites for hydroxylation is 3. The van der Waals surface area contributed by atoms with Gasteiger partial charge in [-0.1, -0.05) is 49.7 Å². The second-order valence-electron chi connectivity index (χ2n) is 8.09. The van der Waals surface area contributed by atoms with Crippen molar-refractivity contribution in [3.8, 4) is 17.0 Å². The number of rotatable bonds is 7. The third-order valence-corrected chi connectivity index (χ3v) is 5.60. The van der Waals surface area contributed by atoms with E-state index in [0.717, 1.165) is 41.6 Å². The summed E-state index contributed by atoms with van der Waals surface area (Å²) in [5.41, 5.74) is 3.76. The van der Waals surface area contributed by atoms with Gasteiger partial charge in [-0.2, -0.15) is 0 Å². The molecule has 1 aromatic heterocycles. The SMILES string of the molecule is CCCc1ccc(-c2ccc3c(F)c(CCc4ccc(OC(F)(F)F)c(F)c4)ccc3c2)nc1. The van der Waals surface area contributed by atoms with Crippen molar-refractivity contribution >= 4 is 10.8 Å². The molecule has 0 aliphatic carbocycles. The van der Waals surface area contributed by atoms with Crippen LogP contribution in [0, 0.1) is 11.6 Å². The van der Waals surface area contributed by atoms with Crippen molar-refractivity contribution in [1.29, 1.82) is 0 Å². The molecular formula is C27H22F5NO. The molecule has 176 valence electrons. The lowest BCUT2D eigenvalue weighted by Crippen LogP contribution is -2.18. The predicted octanol–water partition coefficient (Wildman–Crippen LogP) is 7.82. The number of halogens is 5. The van der Waals surface area contributed by atoms with Crippen LogP contribution in [0.25, 0.3) is 22.0 Å². The van der Waals surface area contributed by atoms with E-state index in [1.165, 1.54) is 11.6 Å². The van der Waals surface area contributed by atoms with E-state index in [-0.39, 0.29) is 18.7 Å². The first-order chi connectivity index (χ1) is 16.2. The van der Waals surface area contributed by atoms with E-state index < -0.39 is 17.9 Å². The van der Waals surface area contributed by atoms with Crippen LogP contribution in [-0.2, 0) is 19.3 Å². The van der Waals surface area contributed by atoms with E-state index in [2.05, 4.69) is 16.6 Å². The Balaban J connectivity index is 1.50. The molecule has 4 aromatic rings. The number of fused-ring (bicyclic) bond motifs is 1. The highest BCUT2D eigenvalue weighted by Gasteiger charge is 2.32. The minimum Gasteiger partial charge on any atom is -0.403 e. The molecule has 2 nitrogen and oxygen atoms in total. The summed E-state index contributed by atoms with van der Waals surface area (Å²) < 4.78 is 69.6. The van der Waals surface area contributed by atoms with Gasteiger partial charge in [-0.15, -0.1) is 13.2 Å². The van der Waals surface area contributed by atoms with Crippen LogP contribution in [0.2, 0.25) is 0 Å². The van der Waals surface area contributed by atoms with Gasteiger partial charge >= 0.3 is 6.36 Å². The van der Waals surface area contributed by atoms with Crippen molar-refractivity contribution in [2.45, 2.75) is 39.0 Å². The average Bonchev–Trinajstić information content (AvgIpc) is 2.80. The molecule has 4 rings (SSSR count). The Morgan fingerprint density at radius 3 is 2.29 bits per heavy atom. The standard InChI is InChI=1S/C27H22F5NO/c1-2-3-18-5-12-24(33-16-18)21-10-11-22-20(15-21)9-8-19(26(22)29)7-4-17-6-13-25(23(28)14-17)34-27(30,31)32/h5-6,8-16H,2-4,7H2,1H3. The quantitative estimate of drug-likeness (QED) is 0.256. The minimum atomic E-state index is -4.97. The van der Waals surface area contributed by atoms with Gasteiger partial charge in [-0.3, -0.25) is 4.98 Å². The van der Waals surface area contributed by atoms with E-state index >= 15 is 4.39 Å². The largest absolute Gasteiger partial charge is 0.573 e. The highest BCUT2D eigenvalue weighted by molar-refractivity contribution is 5.88. The molecular weight excluding hydrogens is 449 g/mol. The fourth-order valence-corrected chi connectivity index (χ4v) is 3.91. The molecule has 0 aliphatic heterocycles. The summed E-state index contributed by atoms with van der Waals surface area (Å²) in [5, 5.41) is 1.20. The summed E-state index contributed by atoms with van der Waals surface area (Å²) in [4.78, 5) is 4.51. The summed E-state index contributed by atoms with van der Waals surface area (Å²) in [7, 11) is 0. The van der Waals surface area contributed by atoms with Gasteiger partial charge in [0.05, 0.1) is 5.69 Å². The fraction of sp³-hybridized carbons (Fsp3) is 0.222. The Morgan fingerprint density at radius 1 is 0.824 bits per heavy atom. The first kappa shape index (κ1) is 23.7. The molecule has 0 N–H and O–H groups in total. The Bertz CT molecular complexity index is 1300. The zero-order chi connectivity index (χ0) is 24.3. The van der Waals surface area contributed by atoms with E-state index in [9.17, 15) is 17.6 Å². The van der Waals surface area contributed by atoms with Crippen molar-refractivity contribution in [1.82, 2.24) is 4.98 Å². The Morgan fingerprint density at radius 2 is 1.62 bits per heavy atom. The molecule has 0 amide bonds. The normalized spacial score (nSPS) is 11.7. The van der Waals surface area contributed by atoms with Crippen molar-refractivity contribution in [2.24, 2.45) is 0 Å². The molecule has 1 heterocycles. The van der Waals surface area contributed by atoms with Crippen molar-refractivity contribution in [2.75, 3.05) is 0 Å². The van der Waals surface area contributed by atoms with Gasteiger partial charge in [-0.05, 0) is 65.6 Å². The monoisotopic (exact) mass is 471 g/mol. The number of aromatic nitrogens is 1. The number of hydrogen-bond donors (Lipinski definition) is 0. The van der Waals surface area contributed by atoms with E-state index in [4.69, 9.17) is 0 Å². The molecule has 0 aliphatic rings. The maximum absolute atomic E-state index is 15.1. The van der Waals surface area contributed by atoms with Gasteiger partial charge in [-0.25, -0.2) is 8.78 Å². The van der Waals surface area contributed by atoms with Crippen LogP contribution < -0.4 is 4.74 Å². The van der Waals surface area contributed by atoms with Crippen LogP contribution in [0.5, 0.6) is 5.75 Å². The number of hydrogen-bond acceptors (Lipinski definition) is 2. The first-order valence-electron chi connectivity index (χ1n) is 10.9. The van der Waals surface area contributed by atoms with Gasteiger partial charge in [0.2, 0.25) is 0 Å². The van der Waals surface area contributed by atoms with Gasteiger partial charge < -0.3 is 4.74 Å². The summed E-state index contributed by atoms with van der Waals surface area (Å²) in [6.45, 7) is 2.11. The van der Waals surface area contributed by atoms with Crippen molar-refractivity contribution < 1.29 is 26.7 Å². The zero-order valence-electron chi connectivity index (χ0n) is 18.4. The fourth-order valence-electron chi connectivity index (χ4n) is 3.91. The number of benzene rings is 3. The number of ether oxygens (including phenoxy) is 1. The molecule has 0 saturated heterocycles. The topological polar surface area (TPSA) is 22.1 Å². The van der Waals surface area contributed by atoms with E-state index in [0.29, 0.717) is 16.5 Å². The predicted molar refractivity (Wildman–Crippen MR) is 122 cm³/mol. The van der Waals surface area contributed by atoms with Crippen LogP contribution in [0.4, 0.5) is 22.0 Å². The van der Waals surface area contributed by atoms with Gasteiger partial charge in [0, 0.05) is 17.1 Å². The maximum Gasteiger partial charge on any atom is 0.573 e. The summed E-state index contributed by atoms with van der Waals surface area (Å²) in [5.74, 6) is -2.37. The molecule has 7 heteroatoms. The highest BCUT2D eigenvalue weighted by Crippen LogP contribution is 2.29. The highest BCUT2D eigenvalue weighted by atomic mass is 19.4. The lowest BCUT2D eigenvalue weighted by atomic mass is 9.98. The van der Waals surface area contributed by atoms with Crippen LogP contribution in [0.1, 0.15) is 30.0 Å². The number of alkyl halides is 3. The lowest BCUT2D eigenvalue weighted by molar-refractivity contribution is -0.275. The zero-order valence-corrected chi connectivity index (χ0v) is 18.4. The minimum absolute atomic E-state index is 0.262. The smallest absolute Gasteiger partial charge is 0.403 e. The summed E-state index contributed by atoms with van der Waals surface area (Å²) in [6, 6.07) is 16.2. The number of pyridine rings is 1. The molecule has 0 radical (unpaired) electrons. The summed E-state index contributed by atoms with van der Waals surface area (Å²) in [6.07, 6.45) is -0.564. The van der Waals surface area contributed by atoms with Crippen molar-refractivity contribution in [3.05, 3.63) is 95.2 Å². The lowest BCUT2D eigenvalue weighted by Gasteiger charge is -2.11. The van der Waals surface area contributed by atoms with Crippen LogP contribution in [0.3, 0.4) is 0 Å². The second kappa shape index (κ2) is 9.79. The first-order valence-corrected chi connectivity index (χ1v) is 10.9. The van der Waals surface area contributed by atoms with Gasteiger partial charge in [0.15, 0.2) is 11.6 Å². The van der Waals surface area contributed by atoms with Gasteiger partial charge in [0.25, 0.3) is 0 Å². The number of nitrogens with zero attached hydrogens (tertiary/aromatic N) is 1. The van der Waals surface area contributed by atoms with Crippen LogP contribution >= 0.6 is 0 Å².